The molecule has 4 nitrogen and oxygen atoms in total. The first-order valence-electron chi connectivity index (χ1n) is 18.1. The standard InChI is InChI=1S/C48H38N4/c1-33-19-25-37(26-20-33)49-31-51(43-17-9-7-15-41(43)49)45-29-23-35-11-3-5-13-39(35)47(45)48-40-14-6-4-12-36(40)24-30-46(48)52-32-50(38-27-21-34(2)22-28-38)42-16-8-10-18-44(42)52/h3-30H,31-32H2,1-2H3. The molecule has 52 heavy (non-hydrogen) atoms. The second-order valence-corrected chi connectivity index (χ2v) is 14.0. The normalized spacial score (nSPS) is 13.7. The Kier molecular flexibility index (Phi) is 7.03. The van der Waals surface area contributed by atoms with Gasteiger partial charge < -0.3 is 19.6 Å². The van der Waals surface area contributed by atoms with Crippen LogP contribution in [0.2, 0.25) is 0 Å². The predicted molar refractivity (Wildman–Crippen MR) is 220 cm³/mol. The molecule has 8 aromatic rings. The lowest BCUT2D eigenvalue weighted by molar-refractivity contribution is 0.988. The largest absolute Gasteiger partial charge is 0.321 e. The maximum absolute atomic E-state index is 2.51. The van der Waals surface area contributed by atoms with Gasteiger partial charge >= 0.3 is 0 Å². The first-order chi connectivity index (χ1) is 25.6. The third kappa shape index (κ3) is 4.83. The summed E-state index contributed by atoms with van der Waals surface area (Å²) in [6, 6.07) is 62.5. The fourth-order valence-corrected chi connectivity index (χ4v) is 8.23. The molecule has 0 spiro atoms. The fraction of sp³-hybridized carbons (Fsp3) is 0.0833. The Morgan fingerprint density at radius 2 is 0.654 bits per heavy atom. The molecule has 0 aliphatic carbocycles. The molecule has 0 saturated heterocycles. The summed E-state index contributed by atoms with van der Waals surface area (Å²) in [6.07, 6.45) is 0. The molecule has 250 valence electrons. The number of para-hydroxylation sites is 4. The smallest absolute Gasteiger partial charge is 0.100 e. The van der Waals surface area contributed by atoms with Crippen LogP contribution in [0.5, 0.6) is 0 Å². The van der Waals surface area contributed by atoms with Crippen molar-refractivity contribution in [2.45, 2.75) is 13.8 Å². The Hall–Kier alpha value is -6.52. The topological polar surface area (TPSA) is 13.0 Å². The highest BCUT2D eigenvalue weighted by Gasteiger charge is 2.34. The van der Waals surface area contributed by atoms with Gasteiger partial charge in [-0.2, -0.15) is 0 Å². The van der Waals surface area contributed by atoms with Crippen LogP contribution in [0.3, 0.4) is 0 Å². The highest BCUT2D eigenvalue weighted by molar-refractivity contribution is 6.15. The molecule has 2 aliphatic heterocycles. The molecule has 2 aliphatic rings. The Labute approximate surface area is 305 Å². The third-order valence-corrected chi connectivity index (χ3v) is 10.8. The summed E-state index contributed by atoms with van der Waals surface area (Å²) in [5.41, 5.74) is 14.6. The van der Waals surface area contributed by atoms with E-state index in [1.807, 2.05) is 0 Å². The first-order valence-corrected chi connectivity index (χ1v) is 18.1. The van der Waals surface area contributed by atoms with Crippen LogP contribution in [0.15, 0.2) is 170 Å². The van der Waals surface area contributed by atoms with E-state index in [1.165, 1.54) is 89.3 Å². The first kappa shape index (κ1) is 30.3. The lowest BCUT2D eigenvalue weighted by Gasteiger charge is -2.29. The minimum absolute atomic E-state index is 0.710. The summed E-state index contributed by atoms with van der Waals surface area (Å²) in [6.45, 7) is 5.72. The molecule has 8 aromatic carbocycles. The van der Waals surface area contributed by atoms with E-state index < -0.39 is 0 Å². The Morgan fingerprint density at radius 3 is 1.06 bits per heavy atom. The van der Waals surface area contributed by atoms with Gasteiger partial charge in [-0.05, 0) is 96.1 Å². The second kappa shape index (κ2) is 12.1. The van der Waals surface area contributed by atoms with Crippen LogP contribution in [0.1, 0.15) is 11.1 Å². The maximum atomic E-state index is 2.51. The molecular formula is C48H38N4. The van der Waals surface area contributed by atoms with Crippen LogP contribution in [0.25, 0.3) is 32.7 Å². The van der Waals surface area contributed by atoms with Crippen molar-refractivity contribution < 1.29 is 0 Å². The summed E-state index contributed by atoms with van der Waals surface area (Å²) in [7, 11) is 0. The minimum Gasteiger partial charge on any atom is -0.321 e. The Bertz CT molecular complexity index is 2440. The molecule has 0 aromatic heterocycles. The molecule has 0 N–H and O–H groups in total. The van der Waals surface area contributed by atoms with E-state index in [0.717, 1.165) is 0 Å². The molecule has 0 saturated carbocycles. The van der Waals surface area contributed by atoms with Crippen LogP contribution >= 0.6 is 0 Å². The van der Waals surface area contributed by atoms with Gasteiger partial charge in [-0.3, -0.25) is 0 Å². The molecule has 0 unspecified atom stereocenters. The van der Waals surface area contributed by atoms with Crippen molar-refractivity contribution in [3.63, 3.8) is 0 Å². The predicted octanol–water partition coefficient (Wildman–Crippen LogP) is 12.8. The van der Waals surface area contributed by atoms with Crippen LogP contribution < -0.4 is 19.6 Å². The quantitative estimate of drug-likeness (QED) is 0.181. The van der Waals surface area contributed by atoms with Crippen molar-refractivity contribution in [1.82, 2.24) is 0 Å². The molecule has 0 amide bonds. The summed E-state index contributed by atoms with van der Waals surface area (Å²) in [5, 5.41) is 4.94. The molecule has 0 radical (unpaired) electrons. The number of anilines is 8. The number of hydrogen-bond acceptors (Lipinski definition) is 4. The number of rotatable bonds is 5. The molecule has 0 bridgehead atoms. The number of aryl methyl sites for hydroxylation is 2. The number of hydrogen-bond donors (Lipinski definition) is 0. The van der Waals surface area contributed by atoms with Gasteiger partial charge in [0.2, 0.25) is 0 Å². The molecule has 0 fully saturated rings. The zero-order chi connectivity index (χ0) is 34.8. The van der Waals surface area contributed by atoms with E-state index >= 15 is 0 Å². The SMILES string of the molecule is Cc1ccc(N2CN(c3ccc4ccccc4c3-c3c(N4CN(c5ccc(C)cc5)c5ccccc54)ccc4ccccc34)c3ccccc32)cc1. The van der Waals surface area contributed by atoms with E-state index in [-0.39, 0.29) is 0 Å². The fourth-order valence-electron chi connectivity index (χ4n) is 8.23. The zero-order valence-corrected chi connectivity index (χ0v) is 29.4. The summed E-state index contributed by atoms with van der Waals surface area (Å²) in [4.78, 5) is 9.90. The Morgan fingerprint density at radius 1 is 0.308 bits per heavy atom. The van der Waals surface area contributed by atoms with Gasteiger partial charge in [-0.15, -0.1) is 0 Å². The van der Waals surface area contributed by atoms with Crippen molar-refractivity contribution in [3.8, 4) is 11.1 Å². The van der Waals surface area contributed by atoms with E-state index in [2.05, 4.69) is 203 Å². The van der Waals surface area contributed by atoms with Crippen LogP contribution in [-0.2, 0) is 0 Å². The zero-order valence-electron chi connectivity index (χ0n) is 29.4. The molecule has 4 heteroatoms. The van der Waals surface area contributed by atoms with Gasteiger partial charge in [-0.1, -0.05) is 120 Å². The summed E-state index contributed by atoms with van der Waals surface area (Å²) >= 11 is 0. The average Bonchev–Trinajstić information content (AvgIpc) is 3.77. The van der Waals surface area contributed by atoms with Gasteiger partial charge in [0.15, 0.2) is 0 Å². The van der Waals surface area contributed by atoms with Gasteiger partial charge in [0, 0.05) is 22.5 Å². The van der Waals surface area contributed by atoms with E-state index in [0.29, 0.717) is 13.3 Å². The lowest BCUT2D eigenvalue weighted by Crippen LogP contribution is -2.25. The molecule has 10 rings (SSSR count). The van der Waals surface area contributed by atoms with Crippen molar-refractivity contribution >= 4 is 67.0 Å². The lowest BCUT2D eigenvalue weighted by atomic mass is 9.90. The van der Waals surface area contributed by atoms with Crippen molar-refractivity contribution in [2.75, 3.05) is 32.9 Å². The molecule has 2 heterocycles. The average molecular weight is 671 g/mol. The van der Waals surface area contributed by atoms with Crippen LogP contribution in [-0.4, -0.2) is 13.3 Å². The van der Waals surface area contributed by atoms with E-state index in [4.69, 9.17) is 0 Å². The van der Waals surface area contributed by atoms with E-state index in [9.17, 15) is 0 Å². The van der Waals surface area contributed by atoms with Crippen molar-refractivity contribution in [3.05, 3.63) is 181 Å². The van der Waals surface area contributed by atoms with Gasteiger partial charge in [0.25, 0.3) is 0 Å². The highest BCUT2D eigenvalue weighted by Crippen LogP contribution is 2.54. The number of benzene rings is 8. The van der Waals surface area contributed by atoms with Gasteiger partial charge in [0.1, 0.15) is 13.3 Å². The third-order valence-electron chi connectivity index (χ3n) is 10.8. The second-order valence-electron chi connectivity index (χ2n) is 14.0. The monoisotopic (exact) mass is 670 g/mol. The van der Waals surface area contributed by atoms with Crippen molar-refractivity contribution in [1.29, 1.82) is 0 Å². The van der Waals surface area contributed by atoms with Crippen LogP contribution in [0, 0.1) is 13.8 Å². The Balaban J connectivity index is 1.22. The van der Waals surface area contributed by atoms with Crippen molar-refractivity contribution in [2.24, 2.45) is 0 Å². The summed E-state index contributed by atoms with van der Waals surface area (Å²) < 4.78 is 0. The molecular weight excluding hydrogens is 633 g/mol. The van der Waals surface area contributed by atoms with Gasteiger partial charge in [0.05, 0.1) is 34.1 Å². The highest BCUT2D eigenvalue weighted by atomic mass is 15.4. The number of fused-ring (bicyclic) bond motifs is 4. The van der Waals surface area contributed by atoms with E-state index in [1.54, 1.807) is 0 Å². The number of nitrogens with zero attached hydrogens (tertiary/aromatic N) is 4. The minimum atomic E-state index is 0.710. The van der Waals surface area contributed by atoms with Crippen LogP contribution in [0.4, 0.5) is 45.5 Å². The molecule has 0 atom stereocenters. The maximum Gasteiger partial charge on any atom is 0.100 e. The summed E-state index contributed by atoms with van der Waals surface area (Å²) in [5.74, 6) is 0. The van der Waals surface area contributed by atoms with Gasteiger partial charge in [-0.25, -0.2) is 0 Å².